The van der Waals surface area contributed by atoms with Gasteiger partial charge in [0.2, 0.25) is 11.9 Å². The molecule has 0 unspecified atom stereocenters. The monoisotopic (exact) mass is 408 g/mol. The van der Waals surface area contributed by atoms with E-state index >= 15 is 0 Å². The number of anilines is 1. The number of aromatic nitrogens is 3. The number of hydrogen-bond donors (Lipinski definition) is 2. The molecule has 1 amide bonds. The van der Waals surface area contributed by atoms with E-state index < -0.39 is 10.0 Å². The number of carbonyl (C=O) groups is 1. The maximum absolute atomic E-state index is 13.3. The van der Waals surface area contributed by atoms with E-state index in [0.29, 0.717) is 29.1 Å². The van der Waals surface area contributed by atoms with Gasteiger partial charge in [-0.1, -0.05) is 43.3 Å². The van der Waals surface area contributed by atoms with Crippen LogP contribution in [0.25, 0.3) is 22.2 Å². The lowest BCUT2D eigenvalue weighted by Gasteiger charge is -2.07. The molecular weight excluding hydrogens is 388 g/mol. The van der Waals surface area contributed by atoms with Gasteiger partial charge in [0.1, 0.15) is 0 Å². The number of rotatable bonds is 5. The summed E-state index contributed by atoms with van der Waals surface area (Å²) in [5, 5.41) is 3.42. The van der Waals surface area contributed by atoms with Gasteiger partial charge >= 0.3 is 0 Å². The maximum atomic E-state index is 13.3. The standard InChI is InChI=1S/C21H20N4O3S/c1-3-18-20(24-21(23-18)22-14(2)26)17-13-25(19-12-8-7-11-16(17)19)29(27,28)15-9-5-4-6-10-15/h4-13H,3H2,1-2H3,(H2,22,23,24,26). The number of aromatic amines is 1. The van der Waals surface area contributed by atoms with Gasteiger partial charge in [-0.15, -0.1) is 0 Å². The molecule has 0 bridgehead atoms. The van der Waals surface area contributed by atoms with E-state index in [-0.39, 0.29) is 10.8 Å². The Morgan fingerprint density at radius 3 is 2.48 bits per heavy atom. The molecule has 4 rings (SSSR count). The lowest BCUT2D eigenvalue weighted by atomic mass is 10.1. The SMILES string of the molecule is CCc1[nH]c(NC(C)=O)nc1-c1cn(S(=O)(=O)c2ccccc2)c2ccccc12. The van der Waals surface area contributed by atoms with Crippen LogP contribution < -0.4 is 5.32 Å². The molecule has 0 atom stereocenters. The highest BCUT2D eigenvalue weighted by molar-refractivity contribution is 7.90. The van der Waals surface area contributed by atoms with Crippen molar-refractivity contribution in [2.45, 2.75) is 25.2 Å². The zero-order chi connectivity index (χ0) is 20.6. The first-order valence-electron chi connectivity index (χ1n) is 9.19. The fraction of sp³-hybridized carbons (Fsp3) is 0.143. The van der Waals surface area contributed by atoms with Crippen molar-refractivity contribution in [3.05, 3.63) is 66.5 Å². The van der Waals surface area contributed by atoms with E-state index in [1.807, 2.05) is 19.1 Å². The van der Waals surface area contributed by atoms with E-state index in [9.17, 15) is 13.2 Å². The largest absolute Gasteiger partial charge is 0.327 e. The fourth-order valence-corrected chi connectivity index (χ4v) is 4.75. The summed E-state index contributed by atoms with van der Waals surface area (Å²) in [6.07, 6.45) is 2.24. The molecule has 0 spiro atoms. The Balaban J connectivity index is 1.95. The normalized spacial score (nSPS) is 11.7. The van der Waals surface area contributed by atoms with Crippen LogP contribution >= 0.6 is 0 Å². The third-order valence-electron chi connectivity index (χ3n) is 4.66. The highest BCUT2D eigenvalue weighted by Crippen LogP contribution is 2.34. The first kappa shape index (κ1) is 18.9. The molecule has 29 heavy (non-hydrogen) atoms. The number of para-hydroxylation sites is 1. The lowest BCUT2D eigenvalue weighted by Crippen LogP contribution is -2.11. The predicted octanol–water partition coefficient (Wildman–Crippen LogP) is 3.79. The van der Waals surface area contributed by atoms with Crippen LogP contribution in [0.3, 0.4) is 0 Å². The molecule has 148 valence electrons. The molecule has 2 aromatic heterocycles. The van der Waals surface area contributed by atoms with E-state index in [4.69, 9.17) is 0 Å². The van der Waals surface area contributed by atoms with Crippen molar-refractivity contribution in [2.24, 2.45) is 0 Å². The number of H-pyrrole nitrogens is 1. The molecular formula is C21H20N4O3S. The van der Waals surface area contributed by atoms with Gasteiger partial charge in [0.05, 0.1) is 16.1 Å². The van der Waals surface area contributed by atoms with E-state index in [1.165, 1.54) is 10.9 Å². The Morgan fingerprint density at radius 2 is 1.79 bits per heavy atom. The van der Waals surface area contributed by atoms with Gasteiger partial charge < -0.3 is 4.98 Å². The summed E-state index contributed by atoms with van der Waals surface area (Å²) in [6.45, 7) is 3.38. The number of aryl methyl sites for hydroxylation is 1. The van der Waals surface area contributed by atoms with Gasteiger partial charge in [0.15, 0.2) is 0 Å². The molecule has 7 nitrogen and oxygen atoms in total. The Morgan fingerprint density at radius 1 is 1.10 bits per heavy atom. The first-order valence-corrected chi connectivity index (χ1v) is 10.6. The van der Waals surface area contributed by atoms with Crippen molar-refractivity contribution >= 4 is 32.8 Å². The summed E-state index contributed by atoms with van der Waals surface area (Å²) in [4.78, 5) is 19.2. The summed E-state index contributed by atoms with van der Waals surface area (Å²) >= 11 is 0. The molecule has 8 heteroatoms. The molecule has 0 radical (unpaired) electrons. The average Bonchev–Trinajstić information content (AvgIpc) is 3.29. The molecule has 0 saturated carbocycles. The molecule has 0 aliphatic carbocycles. The van der Waals surface area contributed by atoms with Crippen molar-refractivity contribution in [3.63, 3.8) is 0 Å². The molecule has 2 N–H and O–H groups in total. The van der Waals surface area contributed by atoms with Gasteiger partial charge in [-0.2, -0.15) is 0 Å². The van der Waals surface area contributed by atoms with Gasteiger partial charge in [-0.3, -0.25) is 10.1 Å². The molecule has 0 aliphatic heterocycles. The van der Waals surface area contributed by atoms with Crippen LogP contribution in [0.2, 0.25) is 0 Å². The highest BCUT2D eigenvalue weighted by Gasteiger charge is 2.23. The zero-order valence-corrected chi connectivity index (χ0v) is 16.8. The van der Waals surface area contributed by atoms with Crippen LogP contribution in [0.5, 0.6) is 0 Å². The van der Waals surface area contributed by atoms with Crippen molar-refractivity contribution in [1.82, 2.24) is 13.9 Å². The van der Waals surface area contributed by atoms with Crippen molar-refractivity contribution in [1.29, 1.82) is 0 Å². The van der Waals surface area contributed by atoms with Crippen molar-refractivity contribution in [2.75, 3.05) is 5.32 Å². The Hall–Kier alpha value is -3.39. The Bertz CT molecular complexity index is 1300. The predicted molar refractivity (Wildman–Crippen MR) is 112 cm³/mol. The molecule has 2 aromatic carbocycles. The number of hydrogen-bond acceptors (Lipinski definition) is 4. The number of amides is 1. The minimum absolute atomic E-state index is 0.212. The van der Waals surface area contributed by atoms with Gasteiger partial charge in [0, 0.05) is 29.8 Å². The van der Waals surface area contributed by atoms with Gasteiger partial charge in [0.25, 0.3) is 10.0 Å². The average molecular weight is 408 g/mol. The first-order chi connectivity index (χ1) is 13.9. The Kier molecular flexibility index (Phi) is 4.71. The second-order valence-corrected chi connectivity index (χ2v) is 8.44. The van der Waals surface area contributed by atoms with Crippen LogP contribution in [-0.4, -0.2) is 28.3 Å². The molecule has 4 aromatic rings. The number of imidazole rings is 1. The molecule has 0 saturated heterocycles. The number of fused-ring (bicyclic) bond motifs is 1. The van der Waals surface area contributed by atoms with Crippen LogP contribution in [0.15, 0.2) is 65.7 Å². The zero-order valence-electron chi connectivity index (χ0n) is 16.0. The summed E-state index contributed by atoms with van der Waals surface area (Å²) in [5.41, 5.74) is 2.69. The maximum Gasteiger partial charge on any atom is 0.268 e. The second kappa shape index (κ2) is 7.21. The quantitative estimate of drug-likeness (QED) is 0.525. The number of nitrogens with zero attached hydrogens (tertiary/aromatic N) is 2. The summed E-state index contributed by atoms with van der Waals surface area (Å²) in [7, 11) is -3.78. The topological polar surface area (TPSA) is 96.8 Å². The van der Waals surface area contributed by atoms with Crippen LogP contribution in [0.1, 0.15) is 19.5 Å². The summed E-state index contributed by atoms with van der Waals surface area (Å²) in [6, 6.07) is 15.6. The fourth-order valence-electron chi connectivity index (χ4n) is 3.36. The molecule has 0 aliphatic rings. The third kappa shape index (κ3) is 3.31. The van der Waals surface area contributed by atoms with Crippen LogP contribution in [0, 0.1) is 0 Å². The number of benzene rings is 2. The molecule has 0 fully saturated rings. The Labute approximate surface area is 168 Å². The number of nitrogens with one attached hydrogen (secondary N) is 2. The lowest BCUT2D eigenvalue weighted by molar-refractivity contribution is -0.114. The van der Waals surface area contributed by atoms with E-state index in [1.54, 1.807) is 48.7 Å². The minimum atomic E-state index is -3.78. The smallest absolute Gasteiger partial charge is 0.268 e. The summed E-state index contributed by atoms with van der Waals surface area (Å²) in [5.74, 6) is 0.106. The van der Waals surface area contributed by atoms with E-state index in [2.05, 4.69) is 15.3 Å². The van der Waals surface area contributed by atoms with E-state index in [0.717, 1.165) is 11.1 Å². The third-order valence-corrected chi connectivity index (χ3v) is 6.35. The van der Waals surface area contributed by atoms with Crippen molar-refractivity contribution < 1.29 is 13.2 Å². The molecule has 2 heterocycles. The minimum Gasteiger partial charge on any atom is -0.327 e. The second-order valence-electron chi connectivity index (χ2n) is 6.62. The number of carbonyl (C=O) groups excluding carboxylic acids is 1. The summed E-state index contributed by atoms with van der Waals surface area (Å²) < 4.78 is 27.8. The van der Waals surface area contributed by atoms with Crippen LogP contribution in [0.4, 0.5) is 5.95 Å². The van der Waals surface area contributed by atoms with Gasteiger partial charge in [-0.05, 0) is 24.6 Å². The van der Waals surface area contributed by atoms with Crippen LogP contribution in [-0.2, 0) is 21.2 Å². The van der Waals surface area contributed by atoms with Gasteiger partial charge in [-0.25, -0.2) is 17.4 Å². The van der Waals surface area contributed by atoms with Crippen molar-refractivity contribution in [3.8, 4) is 11.3 Å². The highest BCUT2D eigenvalue weighted by atomic mass is 32.2.